The molecule has 0 bridgehead atoms. The number of nitrogens with zero attached hydrogens (tertiary/aromatic N) is 4. The SMILES string of the molecule is CCC1CCCCC1.CCc1cc(OC)c(OC)c(OC)c1.CCc1ccc(C(=O)O)cc1.CCc1ccc([N+](=O)[O-])cc1.CCc1ccc2c(c1)OCO2.CCc1cccc(C#N)c1.CCc1cccc(OCc2ccccc2)c1.CCc1ccccc1C#N.CCc1ccccc1OCc1ccccc1.CCc1ccncc1.Cc1ccc(C(=O)O)cc1. The topological polar surface area (TPSA) is 243 Å². The number of hydrogen-bond acceptors (Lipinski definition) is 14. The first-order valence-corrected chi connectivity index (χ1v) is 43.1. The highest BCUT2D eigenvalue weighted by Gasteiger charge is 2.15. The molecule has 0 unspecified atom stereocenters. The molecule has 2 aliphatic rings. The molecule has 11 aromatic carbocycles. The largest absolute Gasteiger partial charge is 0.493 e. The van der Waals surface area contributed by atoms with Gasteiger partial charge in [-0.1, -0.05) is 277 Å². The number of benzene rings is 11. The molecule has 12 aromatic rings. The molecule has 125 heavy (non-hydrogen) atoms. The van der Waals surface area contributed by atoms with Crippen molar-refractivity contribution in [2.24, 2.45) is 5.92 Å². The van der Waals surface area contributed by atoms with E-state index >= 15 is 0 Å². The Hall–Kier alpha value is -13.5. The van der Waals surface area contributed by atoms with Crippen LogP contribution in [0.4, 0.5) is 5.69 Å². The average Bonchev–Trinajstić information content (AvgIpc) is 1.53. The molecule has 1 saturated carbocycles. The number of carboxylic acids is 2. The first-order valence-electron chi connectivity index (χ1n) is 43.1. The van der Waals surface area contributed by atoms with Crippen LogP contribution in [-0.2, 0) is 71.0 Å². The van der Waals surface area contributed by atoms with E-state index in [1.54, 1.807) is 69.9 Å². The van der Waals surface area contributed by atoms with Crippen molar-refractivity contribution >= 4 is 17.6 Å². The number of hydrogen-bond donors (Lipinski definition) is 2. The van der Waals surface area contributed by atoms with Gasteiger partial charge in [0.15, 0.2) is 23.0 Å². The quantitative estimate of drug-likeness (QED) is 0.0473. The van der Waals surface area contributed by atoms with Crippen LogP contribution in [0.3, 0.4) is 0 Å². The molecule has 1 aromatic heterocycles. The van der Waals surface area contributed by atoms with Gasteiger partial charge in [-0.15, -0.1) is 0 Å². The number of nitriles is 2. The van der Waals surface area contributed by atoms with Gasteiger partial charge in [-0.05, 0) is 229 Å². The summed E-state index contributed by atoms with van der Waals surface area (Å²) in [5.41, 5.74) is 16.9. The van der Waals surface area contributed by atoms with Crippen molar-refractivity contribution < 1.29 is 57.9 Å². The normalized spacial score (nSPS) is 10.8. The number of nitro benzene ring substituents is 1. The number of nitro groups is 1. The van der Waals surface area contributed by atoms with Gasteiger partial charge >= 0.3 is 11.9 Å². The second-order valence-corrected chi connectivity index (χ2v) is 28.7. The van der Waals surface area contributed by atoms with Crippen molar-refractivity contribution in [3.63, 3.8) is 0 Å². The number of para-hydroxylation sites is 1. The summed E-state index contributed by atoms with van der Waals surface area (Å²) in [6, 6.07) is 90.8. The lowest BCUT2D eigenvalue weighted by atomic mass is 9.88. The number of aromatic carboxylic acids is 2. The van der Waals surface area contributed by atoms with Crippen LogP contribution in [0.2, 0.25) is 0 Å². The van der Waals surface area contributed by atoms with Crippen LogP contribution in [0.1, 0.15) is 206 Å². The van der Waals surface area contributed by atoms with Crippen molar-refractivity contribution in [2.45, 2.75) is 186 Å². The van der Waals surface area contributed by atoms with E-state index in [0.29, 0.717) is 48.4 Å². The Morgan fingerprint density at radius 1 is 0.424 bits per heavy atom. The monoisotopic (exact) mass is 1690 g/mol. The zero-order chi connectivity index (χ0) is 91.2. The number of rotatable bonds is 22. The van der Waals surface area contributed by atoms with Crippen molar-refractivity contribution in [3.05, 3.63) is 385 Å². The van der Waals surface area contributed by atoms with Gasteiger partial charge in [0.25, 0.3) is 5.69 Å². The molecule has 1 fully saturated rings. The molecular formula is C108H128N4O13. The van der Waals surface area contributed by atoms with Crippen LogP contribution in [0.25, 0.3) is 0 Å². The molecule has 0 amide bonds. The summed E-state index contributed by atoms with van der Waals surface area (Å²) in [6.45, 7) is 24.7. The van der Waals surface area contributed by atoms with E-state index in [1.165, 1.54) is 95.2 Å². The number of fused-ring (bicyclic) bond motifs is 1. The number of carbonyl (C=O) groups is 2. The molecule has 2 heterocycles. The fourth-order valence-electron chi connectivity index (χ4n) is 12.2. The second-order valence-electron chi connectivity index (χ2n) is 28.7. The highest BCUT2D eigenvalue weighted by Crippen LogP contribution is 2.38. The Balaban J connectivity index is 0.000000290. The van der Waals surface area contributed by atoms with Crippen LogP contribution in [0.15, 0.2) is 285 Å². The Labute approximate surface area is 743 Å². The van der Waals surface area contributed by atoms with E-state index in [4.69, 9.17) is 53.9 Å². The van der Waals surface area contributed by atoms with Crippen molar-refractivity contribution in [1.29, 1.82) is 10.5 Å². The van der Waals surface area contributed by atoms with Crippen LogP contribution in [0, 0.1) is 45.6 Å². The smallest absolute Gasteiger partial charge is 0.335 e. The standard InChI is InChI=1S/2C15H16O.C11H16O3.2C9H9N.2C9H10O2.C8H9NO2.C8H8O2.C8H16.C7H9N/c1-2-14-10-6-7-11-15(14)16-12-13-8-4-3-5-9-13;1-2-13-9-6-10-15(11-13)16-12-14-7-4-3-5-8-14;1-5-8-6-9(12-2)11(14-4)10(7-8)13-3;1-2-8-4-3-5-9(6-8)7-10;1-2-8-5-3-4-6-9(8)7-10;1-2-7-3-4-8-9(5-7)11-6-10-8;2*1-2-7-3-5-8(6-4-7)9(10)11;1-6-2-4-7(5-3-6)8(9)10;1-2-8-6-4-3-5-7-8;1-2-7-3-5-8-6-4-7/h2*3-11H,2,12H2,1H3;6-7H,5H2,1-4H3;2*3-6H,2H2,1H3;3-5H,2,6H2,1H3;3-6H,2H2,1H3,(H,10,11);3-6H,2H2,1H3;2-5H,1H3,(H,9,10);8H,2-7H2,1H3;3-6H,2H2,1H3. The molecule has 14 rings (SSSR count). The molecule has 0 atom stereocenters. The molecule has 0 saturated heterocycles. The molecule has 658 valence electrons. The highest BCUT2D eigenvalue weighted by atomic mass is 16.7. The Kier molecular flexibility index (Phi) is 52.0. The summed E-state index contributed by atoms with van der Waals surface area (Å²) in [5.74, 6) is 5.10. The number of aryl methyl sites for hydroxylation is 10. The summed E-state index contributed by atoms with van der Waals surface area (Å²) in [6.07, 6.45) is 21.5. The van der Waals surface area contributed by atoms with Crippen LogP contribution < -0.4 is 33.2 Å². The molecule has 0 radical (unpaired) electrons. The van der Waals surface area contributed by atoms with Gasteiger partial charge < -0.3 is 43.4 Å². The minimum absolute atomic E-state index is 0.155. The Bertz CT molecular complexity index is 4980. The lowest BCUT2D eigenvalue weighted by molar-refractivity contribution is -0.384. The lowest BCUT2D eigenvalue weighted by Crippen LogP contribution is -2.03. The van der Waals surface area contributed by atoms with Crippen LogP contribution in [-0.4, -0.2) is 60.2 Å². The van der Waals surface area contributed by atoms with Gasteiger partial charge in [0, 0.05) is 24.5 Å². The fourth-order valence-corrected chi connectivity index (χ4v) is 12.2. The van der Waals surface area contributed by atoms with E-state index in [2.05, 4.69) is 121 Å². The van der Waals surface area contributed by atoms with Gasteiger partial charge in [0.2, 0.25) is 12.5 Å². The third kappa shape index (κ3) is 41.3. The number of pyridine rings is 1. The molecule has 0 spiro atoms. The minimum atomic E-state index is -0.875. The molecule has 17 nitrogen and oxygen atoms in total. The van der Waals surface area contributed by atoms with Crippen molar-refractivity contribution in [3.8, 4) is 52.4 Å². The summed E-state index contributed by atoms with van der Waals surface area (Å²) in [5, 5.41) is 44.3. The molecule has 2 N–H and O–H groups in total. The second kappa shape index (κ2) is 62.6. The first kappa shape index (κ1) is 104. The third-order valence-electron chi connectivity index (χ3n) is 20.0. The first-order chi connectivity index (χ1) is 60.7. The summed E-state index contributed by atoms with van der Waals surface area (Å²) < 4.78 is 37.6. The fraction of sp³-hybridized carbons (Fsp3) is 0.306. The minimum Gasteiger partial charge on any atom is -0.493 e. The third-order valence-corrected chi connectivity index (χ3v) is 20.0. The van der Waals surface area contributed by atoms with Crippen molar-refractivity contribution in [1.82, 2.24) is 4.98 Å². The van der Waals surface area contributed by atoms with Crippen LogP contribution >= 0.6 is 0 Å². The molecule has 17 heteroatoms. The van der Waals surface area contributed by atoms with E-state index in [9.17, 15) is 19.7 Å². The number of aromatic nitrogens is 1. The zero-order valence-electron chi connectivity index (χ0n) is 75.6. The van der Waals surface area contributed by atoms with E-state index in [0.717, 1.165) is 120 Å². The van der Waals surface area contributed by atoms with Gasteiger partial charge in [0.05, 0.1) is 60.6 Å². The Morgan fingerprint density at radius 3 is 1.34 bits per heavy atom. The van der Waals surface area contributed by atoms with Gasteiger partial charge in [-0.2, -0.15) is 10.5 Å². The molecule has 1 aliphatic heterocycles. The maximum Gasteiger partial charge on any atom is 0.335 e. The maximum absolute atomic E-state index is 10.4. The van der Waals surface area contributed by atoms with E-state index < -0.39 is 11.9 Å². The number of methoxy groups -OCH3 is 3. The summed E-state index contributed by atoms with van der Waals surface area (Å²) >= 11 is 0. The maximum atomic E-state index is 10.4. The number of carboxylic acid groups (broad SMARTS) is 2. The summed E-state index contributed by atoms with van der Waals surface area (Å²) in [4.78, 5) is 34.4. The number of ether oxygens (including phenoxy) is 7. The predicted molar refractivity (Wildman–Crippen MR) is 506 cm³/mol. The van der Waals surface area contributed by atoms with Gasteiger partial charge in [0.1, 0.15) is 24.7 Å². The molecule has 1 aliphatic carbocycles. The van der Waals surface area contributed by atoms with Crippen LogP contribution in [0.5, 0.6) is 40.2 Å². The Morgan fingerprint density at radius 2 is 0.872 bits per heavy atom. The predicted octanol–water partition coefficient (Wildman–Crippen LogP) is 26.6. The van der Waals surface area contributed by atoms with E-state index in [-0.39, 0.29) is 10.6 Å². The van der Waals surface area contributed by atoms with Gasteiger partial charge in [-0.25, -0.2) is 9.59 Å². The van der Waals surface area contributed by atoms with Gasteiger partial charge in [-0.3, -0.25) is 15.1 Å². The number of non-ortho nitro benzene ring substituents is 1. The average molecular weight is 1690 g/mol. The van der Waals surface area contributed by atoms with Crippen molar-refractivity contribution in [2.75, 3.05) is 28.1 Å². The molecular weight excluding hydrogens is 1560 g/mol. The summed E-state index contributed by atoms with van der Waals surface area (Å²) in [7, 11) is 4.85. The zero-order valence-corrected chi connectivity index (χ0v) is 75.6. The van der Waals surface area contributed by atoms with E-state index in [1.807, 2.05) is 197 Å². The highest BCUT2D eigenvalue weighted by molar-refractivity contribution is 5.88. The lowest BCUT2D eigenvalue weighted by Gasteiger charge is -2.18.